The molecule has 30 heavy (non-hydrogen) atoms. The van der Waals surface area contributed by atoms with E-state index in [1.54, 1.807) is 6.07 Å². The van der Waals surface area contributed by atoms with E-state index in [0.717, 1.165) is 75.4 Å². The highest BCUT2D eigenvalue weighted by Crippen LogP contribution is 2.27. The van der Waals surface area contributed by atoms with Gasteiger partial charge in [0, 0.05) is 57.1 Å². The van der Waals surface area contributed by atoms with Crippen LogP contribution in [0.4, 0.5) is 0 Å². The highest BCUT2D eigenvalue weighted by molar-refractivity contribution is 5.80. The fourth-order valence-corrected chi connectivity index (χ4v) is 4.57. The lowest BCUT2D eigenvalue weighted by molar-refractivity contribution is 0.122. The lowest BCUT2D eigenvalue weighted by Gasteiger charge is -2.35. The number of rotatable bonds is 5. The van der Waals surface area contributed by atoms with E-state index in [1.807, 2.05) is 6.07 Å². The van der Waals surface area contributed by atoms with Crippen LogP contribution in [0.2, 0.25) is 0 Å². The van der Waals surface area contributed by atoms with Crippen LogP contribution in [0.5, 0.6) is 5.75 Å². The van der Waals surface area contributed by atoms with Crippen LogP contribution in [0, 0.1) is 0 Å². The number of piperazine rings is 1. The Bertz CT molecular complexity index is 1110. The first-order valence-electron chi connectivity index (χ1n) is 10.9. The van der Waals surface area contributed by atoms with Crippen molar-refractivity contribution >= 4 is 11.0 Å². The molecule has 156 valence electrons. The lowest BCUT2D eigenvalue weighted by atomic mass is 10.1. The summed E-state index contributed by atoms with van der Waals surface area (Å²) >= 11 is 0. The monoisotopic (exact) mass is 404 g/mol. The van der Waals surface area contributed by atoms with Crippen LogP contribution in [0.1, 0.15) is 29.2 Å². The quantitative estimate of drug-likeness (QED) is 0.608. The molecule has 2 aliphatic heterocycles. The molecule has 0 bridgehead atoms. The van der Waals surface area contributed by atoms with Gasteiger partial charge in [0.1, 0.15) is 11.3 Å². The van der Waals surface area contributed by atoms with Gasteiger partial charge in [0.2, 0.25) is 0 Å². The van der Waals surface area contributed by atoms with Crippen LogP contribution >= 0.6 is 0 Å². The summed E-state index contributed by atoms with van der Waals surface area (Å²) in [6.45, 7) is 8.77. The molecule has 3 heterocycles. The maximum Gasteiger partial charge on any atom is 0.336 e. The van der Waals surface area contributed by atoms with Gasteiger partial charge < -0.3 is 9.15 Å². The number of hydrogen-bond donors (Lipinski definition) is 0. The van der Waals surface area contributed by atoms with Crippen LogP contribution in [-0.2, 0) is 25.9 Å². The van der Waals surface area contributed by atoms with Gasteiger partial charge in [-0.3, -0.25) is 9.80 Å². The van der Waals surface area contributed by atoms with Crippen LogP contribution in [0.15, 0.2) is 51.7 Å². The molecule has 0 spiro atoms. The van der Waals surface area contributed by atoms with Crippen molar-refractivity contribution in [2.75, 3.05) is 32.8 Å². The van der Waals surface area contributed by atoms with Crippen LogP contribution in [-0.4, -0.2) is 42.6 Å². The summed E-state index contributed by atoms with van der Waals surface area (Å²) in [4.78, 5) is 17.0. The third kappa shape index (κ3) is 4.00. The number of hydrogen-bond acceptors (Lipinski definition) is 5. The molecular formula is C25H28N2O3. The molecule has 5 heteroatoms. The molecule has 0 saturated carbocycles. The second kappa shape index (κ2) is 8.25. The molecule has 1 saturated heterocycles. The molecule has 0 amide bonds. The van der Waals surface area contributed by atoms with Crippen molar-refractivity contribution in [1.82, 2.24) is 9.80 Å². The van der Waals surface area contributed by atoms with Gasteiger partial charge in [-0.05, 0) is 40.8 Å². The average Bonchev–Trinajstić information content (AvgIpc) is 3.22. The highest BCUT2D eigenvalue weighted by atomic mass is 16.5. The molecule has 5 nitrogen and oxygen atoms in total. The molecule has 0 aliphatic carbocycles. The standard InChI is InChI=1S/C25H28N2O3/c1-2-18-3-5-22-21(15-25(28)30-24(22)14-18)17-27-10-8-26(9-11-27)16-19-4-6-23-20(13-19)7-12-29-23/h3-6,13-15H,2,7-12,16-17H2,1H3. The Hall–Kier alpha value is -2.63. The molecule has 0 unspecified atom stereocenters. The highest BCUT2D eigenvalue weighted by Gasteiger charge is 2.20. The van der Waals surface area contributed by atoms with E-state index in [1.165, 1.54) is 16.7 Å². The van der Waals surface area contributed by atoms with Gasteiger partial charge in [-0.25, -0.2) is 4.79 Å². The Balaban J connectivity index is 1.24. The van der Waals surface area contributed by atoms with Crippen molar-refractivity contribution in [3.63, 3.8) is 0 Å². The fourth-order valence-electron chi connectivity index (χ4n) is 4.57. The zero-order valence-electron chi connectivity index (χ0n) is 17.5. The molecular weight excluding hydrogens is 376 g/mol. The van der Waals surface area contributed by atoms with Gasteiger partial charge in [0.25, 0.3) is 0 Å². The summed E-state index contributed by atoms with van der Waals surface area (Å²) < 4.78 is 11.1. The van der Waals surface area contributed by atoms with Crippen molar-refractivity contribution < 1.29 is 9.15 Å². The Labute approximate surface area is 176 Å². The molecule has 2 aliphatic rings. The summed E-state index contributed by atoms with van der Waals surface area (Å²) in [5.74, 6) is 1.05. The van der Waals surface area contributed by atoms with E-state index in [4.69, 9.17) is 9.15 Å². The molecule has 1 aromatic heterocycles. The minimum atomic E-state index is -0.259. The molecule has 0 atom stereocenters. The van der Waals surface area contributed by atoms with E-state index in [2.05, 4.69) is 47.1 Å². The van der Waals surface area contributed by atoms with Crippen molar-refractivity contribution in [3.8, 4) is 5.75 Å². The van der Waals surface area contributed by atoms with Gasteiger partial charge in [0.15, 0.2) is 0 Å². The van der Waals surface area contributed by atoms with Crippen LogP contribution in [0.25, 0.3) is 11.0 Å². The largest absolute Gasteiger partial charge is 0.493 e. The number of aryl methyl sites for hydroxylation is 1. The number of nitrogens with zero attached hydrogens (tertiary/aromatic N) is 2. The Morgan fingerprint density at radius 1 is 0.900 bits per heavy atom. The van der Waals surface area contributed by atoms with Gasteiger partial charge in [0.05, 0.1) is 6.61 Å². The van der Waals surface area contributed by atoms with Crippen LogP contribution < -0.4 is 10.4 Å². The summed E-state index contributed by atoms with van der Waals surface area (Å²) in [5.41, 5.74) is 5.41. The second-order valence-corrected chi connectivity index (χ2v) is 8.37. The Morgan fingerprint density at radius 2 is 1.67 bits per heavy atom. The minimum absolute atomic E-state index is 0.259. The number of fused-ring (bicyclic) bond motifs is 2. The fraction of sp³-hybridized carbons (Fsp3) is 0.400. The normalized spacial score (nSPS) is 17.2. The maximum absolute atomic E-state index is 12.1. The maximum atomic E-state index is 12.1. The predicted molar refractivity (Wildman–Crippen MR) is 118 cm³/mol. The minimum Gasteiger partial charge on any atom is -0.493 e. The zero-order valence-corrected chi connectivity index (χ0v) is 17.5. The molecule has 0 radical (unpaired) electrons. The lowest BCUT2D eigenvalue weighted by Crippen LogP contribution is -2.45. The smallest absolute Gasteiger partial charge is 0.336 e. The third-order valence-corrected chi connectivity index (χ3v) is 6.32. The van der Waals surface area contributed by atoms with E-state index in [0.29, 0.717) is 5.58 Å². The van der Waals surface area contributed by atoms with E-state index in [9.17, 15) is 4.79 Å². The van der Waals surface area contributed by atoms with Crippen molar-refractivity contribution in [2.24, 2.45) is 0 Å². The van der Waals surface area contributed by atoms with E-state index in [-0.39, 0.29) is 5.63 Å². The molecule has 2 aromatic carbocycles. The van der Waals surface area contributed by atoms with Crippen LogP contribution in [0.3, 0.4) is 0 Å². The second-order valence-electron chi connectivity index (χ2n) is 8.37. The summed E-state index contributed by atoms with van der Waals surface area (Å²) in [5, 5.41) is 1.05. The summed E-state index contributed by atoms with van der Waals surface area (Å²) in [6.07, 6.45) is 1.96. The molecule has 1 fully saturated rings. The van der Waals surface area contributed by atoms with Gasteiger partial charge in [-0.1, -0.05) is 31.2 Å². The number of benzene rings is 2. The predicted octanol–water partition coefficient (Wildman–Crippen LogP) is 3.61. The van der Waals surface area contributed by atoms with Crippen molar-refractivity contribution in [1.29, 1.82) is 0 Å². The SMILES string of the molecule is CCc1ccc2c(CN3CCN(Cc4ccc5c(c4)CCO5)CC3)cc(=O)oc2c1. The zero-order chi connectivity index (χ0) is 20.5. The topological polar surface area (TPSA) is 45.9 Å². The van der Waals surface area contributed by atoms with Gasteiger partial charge in [-0.2, -0.15) is 0 Å². The van der Waals surface area contributed by atoms with Crippen molar-refractivity contribution in [3.05, 3.63) is 75.1 Å². The summed E-state index contributed by atoms with van der Waals surface area (Å²) in [7, 11) is 0. The number of ether oxygens (including phenoxy) is 1. The first kappa shape index (κ1) is 19.3. The Morgan fingerprint density at radius 3 is 2.47 bits per heavy atom. The molecule has 0 N–H and O–H groups in total. The first-order chi connectivity index (χ1) is 14.7. The molecule has 5 rings (SSSR count). The van der Waals surface area contributed by atoms with Gasteiger partial charge in [-0.15, -0.1) is 0 Å². The molecule has 3 aromatic rings. The Kier molecular flexibility index (Phi) is 5.32. The van der Waals surface area contributed by atoms with E-state index >= 15 is 0 Å². The van der Waals surface area contributed by atoms with Gasteiger partial charge >= 0.3 is 5.63 Å². The van der Waals surface area contributed by atoms with Crippen molar-refractivity contribution in [2.45, 2.75) is 32.9 Å². The van der Waals surface area contributed by atoms with E-state index < -0.39 is 0 Å². The summed E-state index contributed by atoms with van der Waals surface area (Å²) in [6, 6.07) is 14.5. The third-order valence-electron chi connectivity index (χ3n) is 6.32. The first-order valence-corrected chi connectivity index (χ1v) is 10.9. The average molecular weight is 405 g/mol.